The van der Waals surface area contributed by atoms with Crippen LogP contribution in [-0.4, -0.2) is 27.9 Å². The van der Waals surface area contributed by atoms with Gasteiger partial charge in [0.1, 0.15) is 11.3 Å². The zero-order chi connectivity index (χ0) is 16.9. The first-order chi connectivity index (χ1) is 11.7. The van der Waals surface area contributed by atoms with E-state index in [1.54, 1.807) is 49.5 Å². The summed E-state index contributed by atoms with van der Waals surface area (Å²) in [5.41, 5.74) is 1.43. The SMILES string of the molecule is CCC(OC(=O)c1ccc2ocnc2c1)C(=O)Nc1ccccn1. The van der Waals surface area contributed by atoms with E-state index < -0.39 is 18.0 Å². The van der Waals surface area contributed by atoms with E-state index in [1.807, 2.05) is 0 Å². The summed E-state index contributed by atoms with van der Waals surface area (Å²) in [5.74, 6) is -0.615. The standard InChI is InChI=1S/C17H15N3O4/c1-2-13(16(21)20-15-5-3-4-8-18-15)24-17(22)11-6-7-14-12(9-11)19-10-23-14/h3-10,13H,2H2,1H3,(H,18,20,21). The molecule has 1 atom stereocenters. The van der Waals surface area contributed by atoms with Crippen molar-refractivity contribution in [2.75, 3.05) is 5.32 Å². The van der Waals surface area contributed by atoms with E-state index in [4.69, 9.17) is 9.15 Å². The highest BCUT2D eigenvalue weighted by Crippen LogP contribution is 2.16. The van der Waals surface area contributed by atoms with E-state index >= 15 is 0 Å². The number of carbonyl (C=O) groups excluding carboxylic acids is 2. The average molecular weight is 325 g/mol. The molecule has 3 rings (SSSR count). The van der Waals surface area contributed by atoms with Crippen molar-refractivity contribution in [1.82, 2.24) is 9.97 Å². The van der Waals surface area contributed by atoms with Crippen LogP contribution in [0.3, 0.4) is 0 Å². The van der Waals surface area contributed by atoms with Crippen molar-refractivity contribution in [3.05, 3.63) is 54.6 Å². The zero-order valence-electron chi connectivity index (χ0n) is 12.9. The number of ether oxygens (including phenoxy) is 1. The van der Waals surface area contributed by atoms with Gasteiger partial charge in [-0.25, -0.2) is 14.8 Å². The molecule has 1 amide bonds. The predicted molar refractivity (Wildman–Crippen MR) is 86.4 cm³/mol. The molecule has 0 saturated carbocycles. The van der Waals surface area contributed by atoms with Gasteiger partial charge in [-0.1, -0.05) is 13.0 Å². The highest BCUT2D eigenvalue weighted by atomic mass is 16.5. The van der Waals surface area contributed by atoms with Crippen LogP contribution in [0.2, 0.25) is 0 Å². The van der Waals surface area contributed by atoms with E-state index in [1.165, 1.54) is 6.39 Å². The maximum atomic E-state index is 12.3. The number of anilines is 1. The Labute approximate surface area is 137 Å². The number of carbonyl (C=O) groups is 2. The molecule has 24 heavy (non-hydrogen) atoms. The first-order valence-electron chi connectivity index (χ1n) is 7.43. The normalized spacial score (nSPS) is 11.9. The molecule has 0 saturated heterocycles. The Balaban J connectivity index is 1.69. The number of hydrogen-bond donors (Lipinski definition) is 1. The van der Waals surface area contributed by atoms with Crippen LogP contribution in [0, 0.1) is 0 Å². The molecule has 0 spiro atoms. The zero-order valence-corrected chi connectivity index (χ0v) is 12.9. The van der Waals surface area contributed by atoms with Gasteiger partial charge in [-0.05, 0) is 36.8 Å². The first kappa shape index (κ1) is 15.7. The van der Waals surface area contributed by atoms with E-state index in [0.717, 1.165) is 0 Å². The Bertz CT molecular complexity index is 860. The molecule has 2 heterocycles. The number of oxazole rings is 1. The Kier molecular flexibility index (Phi) is 4.51. The van der Waals surface area contributed by atoms with Crippen LogP contribution in [-0.2, 0) is 9.53 Å². The van der Waals surface area contributed by atoms with Gasteiger partial charge in [-0.3, -0.25) is 4.79 Å². The van der Waals surface area contributed by atoms with Gasteiger partial charge < -0.3 is 14.5 Å². The molecule has 0 radical (unpaired) electrons. The number of nitrogens with zero attached hydrogens (tertiary/aromatic N) is 2. The summed E-state index contributed by atoms with van der Waals surface area (Å²) >= 11 is 0. The molecular formula is C17H15N3O4. The molecule has 0 fully saturated rings. The van der Waals surface area contributed by atoms with E-state index in [9.17, 15) is 9.59 Å². The molecule has 0 aliphatic carbocycles. The predicted octanol–water partition coefficient (Wildman–Crippen LogP) is 2.80. The Morgan fingerprint density at radius 3 is 2.88 bits per heavy atom. The quantitative estimate of drug-likeness (QED) is 0.725. The van der Waals surface area contributed by atoms with Gasteiger partial charge in [0.15, 0.2) is 18.1 Å². The van der Waals surface area contributed by atoms with Gasteiger partial charge in [0.2, 0.25) is 0 Å². The first-order valence-corrected chi connectivity index (χ1v) is 7.43. The molecule has 122 valence electrons. The van der Waals surface area contributed by atoms with Gasteiger partial charge in [0, 0.05) is 6.20 Å². The molecule has 2 aromatic heterocycles. The van der Waals surface area contributed by atoms with Crippen LogP contribution < -0.4 is 5.32 Å². The third-order valence-corrected chi connectivity index (χ3v) is 3.39. The lowest BCUT2D eigenvalue weighted by Crippen LogP contribution is -2.32. The maximum absolute atomic E-state index is 12.3. The fraction of sp³-hybridized carbons (Fsp3) is 0.176. The van der Waals surface area contributed by atoms with Gasteiger partial charge in [0.25, 0.3) is 5.91 Å². The minimum Gasteiger partial charge on any atom is -0.449 e. The number of aromatic nitrogens is 2. The van der Waals surface area contributed by atoms with Crippen molar-refractivity contribution >= 4 is 28.8 Å². The van der Waals surface area contributed by atoms with E-state index in [-0.39, 0.29) is 0 Å². The largest absolute Gasteiger partial charge is 0.449 e. The molecule has 0 bridgehead atoms. The summed E-state index contributed by atoms with van der Waals surface area (Å²) in [4.78, 5) is 32.5. The number of benzene rings is 1. The molecule has 1 unspecified atom stereocenters. The van der Waals surface area contributed by atoms with Crippen LogP contribution in [0.15, 0.2) is 53.4 Å². The van der Waals surface area contributed by atoms with Crippen molar-refractivity contribution < 1.29 is 18.7 Å². The lowest BCUT2D eigenvalue weighted by molar-refractivity contribution is -0.124. The highest BCUT2D eigenvalue weighted by Gasteiger charge is 2.22. The van der Waals surface area contributed by atoms with Crippen molar-refractivity contribution in [2.24, 2.45) is 0 Å². The van der Waals surface area contributed by atoms with Crippen LogP contribution in [0.4, 0.5) is 5.82 Å². The topological polar surface area (TPSA) is 94.3 Å². The molecule has 7 heteroatoms. The Morgan fingerprint density at radius 2 is 2.12 bits per heavy atom. The summed E-state index contributed by atoms with van der Waals surface area (Å²) in [5, 5.41) is 2.62. The minimum absolute atomic E-state index is 0.306. The van der Waals surface area contributed by atoms with Crippen molar-refractivity contribution in [1.29, 1.82) is 0 Å². The monoisotopic (exact) mass is 325 g/mol. The number of fused-ring (bicyclic) bond motifs is 1. The molecule has 0 aliphatic rings. The molecule has 3 aromatic rings. The fourth-order valence-electron chi connectivity index (χ4n) is 2.15. The molecule has 1 N–H and O–H groups in total. The number of nitrogens with one attached hydrogen (secondary N) is 1. The molecule has 7 nitrogen and oxygen atoms in total. The summed E-state index contributed by atoms with van der Waals surface area (Å²) in [6.45, 7) is 1.76. The third kappa shape index (κ3) is 3.40. The second-order valence-electron chi connectivity index (χ2n) is 5.04. The Hall–Kier alpha value is -3.22. The molecule has 0 aliphatic heterocycles. The summed E-state index contributed by atoms with van der Waals surface area (Å²) in [6.07, 6.45) is 2.30. The number of amides is 1. The summed E-state index contributed by atoms with van der Waals surface area (Å²) in [7, 11) is 0. The summed E-state index contributed by atoms with van der Waals surface area (Å²) < 4.78 is 10.4. The second-order valence-corrected chi connectivity index (χ2v) is 5.04. The fourth-order valence-corrected chi connectivity index (χ4v) is 2.15. The van der Waals surface area contributed by atoms with Crippen LogP contribution >= 0.6 is 0 Å². The number of rotatable bonds is 5. The Morgan fingerprint density at radius 1 is 1.25 bits per heavy atom. The van der Waals surface area contributed by atoms with Crippen LogP contribution in [0.1, 0.15) is 23.7 Å². The van der Waals surface area contributed by atoms with Crippen molar-refractivity contribution in [2.45, 2.75) is 19.4 Å². The van der Waals surface area contributed by atoms with Gasteiger partial charge in [0.05, 0.1) is 5.56 Å². The molecular weight excluding hydrogens is 310 g/mol. The lowest BCUT2D eigenvalue weighted by Gasteiger charge is -2.15. The highest BCUT2D eigenvalue weighted by molar-refractivity contribution is 5.98. The van der Waals surface area contributed by atoms with Gasteiger partial charge in [-0.2, -0.15) is 0 Å². The van der Waals surface area contributed by atoms with Crippen LogP contribution in [0.5, 0.6) is 0 Å². The molecule has 1 aromatic carbocycles. The number of pyridine rings is 1. The van der Waals surface area contributed by atoms with Gasteiger partial charge >= 0.3 is 5.97 Å². The number of hydrogen-bond acceptors (Lipinski definition) is 6. The van der Waals surface area contributed by atoms with Crippen molar-refractivity contribution in [3.8, 4) is 0 Å². The van der Waals surface area contributed by atoms with Crippen molar-refractivity contribution in [3.63, 3.8) is 0 Å². The van der Waals surface area contributed by atoms with Crippen LogP contribution in [0.25, 0.3) is 11.1 Å². The average Bonchev–Trinajstić information content (AvgIpc) is 3.07. The second kappa shape index (κ2) is 6.91. The van der Waals surface area contributed by atoms with E-state index in [0.29, 0.717) is 28.9 Å². The van der Waals surface area contributed by atoms with E-state index in [2.05, 4.69) is 15.3 Å². The summed E-state index contributed by atoms with van der Waals surface area (Å²) in [6, 6.07) is 9.91. The lowest BCUT2D eigenvalue weighted by atomic mass is 10.2. The maximum Gasteiger partial charge on any atom is 0.338 e. The van der Waals surface area contributed by atoms with Gasteiger partial charge in [-0.15, -0.1) is 0 Å². The minimum atomic E-state index is -0.910. The smallest absolute Gasteiger partial charge is 0.338 e. The number of esters is 1. The third-order valence-electron chi connectivity index (χ3n) is 3.39.